The predicted molar refractivity (Wildman–Crippen MR) is 66.5 cm³/mol. The summed E-state index contributed by atoms with van der Waals surface area (Å²) in [5, 5.41) is 19.5. The molecule has 0 radical (unpaired) electrons. The lowest BCUT2D eigenvalue weighted by molar-refractivity contribution is -0.145. The molecule has 0 spiro atoms. The van der Waals surface area contributed by atoms with Gasteiger partial charge in [0.1, 0.15) is 23.3 Å². The monoisotopic (exact) mass is 268 g/mol. The van der Waals surface area contributed by atoms with Gasteiger partial charge in [0.2, 0.25) is 0 Å². The van der Waals surface area contributed by atoms with Crippen molar-refractivity contribution < 1.29 is 24.1 Å². The molecule has 1 heterocycles. The van der Waals surface area contributed by atoms with Crippen molar-refractivity contribution >= 4 is 5.97 Å². The number of fused-ring (bicyclic) bond motifs is 1. The van der Waals surface area contributed by atoms with Gasteiger partial charge in [0.05, 0.1) is 6.42 Å². The van der Waals surface area contributed by atoms with Crippen LogP contribution in [0.1, 0.15) is 38.2 Å². The number of halogens is 1. The Morgan fingerprint density at radius 2 is 2.32 bits per heavy atom. The summed E-state index contributed by atoms with van der Waals surface area (Å²) in [6.07, 6.45) is 1.06. The third-order valence-corrected chi connectivity index (χ3v) is 3.36. The molecule has 2 N–H and O–H groups in total. The number of benzene rings is 1. The van der Waals surface area contributed by atoms with Crippen LogP contribution in [0.15, 0.2) is 18.2 Å². The molecule has 0 aliphatic carbocycles. The van der Waals surface area contributed by atoms with Crippen LogP contribution in [0.2, 0.25) is 0 Å². The van der Waals surface area contributed by atoms with Crippen molar-refractivity contribution in [1.82, 2.24) is 0 Å². The highest BCUT2D eigenvalue weighted by Gasteiger charge is 2.41. The fourth-order valence-electron chi connectivity index (χ4n) is 2.58. The molecule has 0 bridgehead atoms. The van der Waals surface area contributed by atoms with Gasteiger partial charge in [-0.05, 0) is 24.6 Å². The Morgan fingerprint density at radius 3 is 2.95 bits per heavy atom. The van der Waals surface area contributed by atoms with Crippen LogP contribution >= 0.6 is 0 Å². The number of carboxylic acids is 1. The van der Waals surface area contributed by atoms with Crippen LogP contribution in [-0.4, -0.2) is 22.3 Å². The van der Waals surface area contributed by atoms with Gasteiger partial charge in [0.15, 0.2) is 0 Å². The molecule has 4 nitrogen and oxygen atoms in total. The van der Waals surface area contributed by atoms with E-state index in [2.05, 4.69) is 0 Å². The van der Waals surface area contributed by atoms with E-state index in [-0.39, 0.29) is 18.1 Å². The number of aliphatic carboxylic acids is 1. The molecule has 0 fully saturated rings. The van der Waals surface area contributed by atoms with Crippen molar-refractivity contribution in [3.05, 3.63) is 29.6 Å². The van der Waals surface area contributed by atoms with Crippen molar-refractivity contribution in [2.45, 2.75) is 44.3 Å². The zero-order valence-corrected chi connectivity index (χ0v) is 10.7. The van der Waals surface area contributed by atoms with Gasteiger partial charge < -0.3 is 14.9 Å². The van der Waals surface area contributed by atoms with Gasteiger partial charge in [-0.25, -0.2) is 4.39 Å². The average Bonchev–Trinajstić information content (AvgIpc) is 2.29. The van der Waals surface area contributed by atoms with Gasteiger partial charge in [-0.15, -0.1) is 0 Å². The lowest BCUT2D eigenvalue weighted by Crippen LogP contribution is -2.40. The highest BCUT2D eigenvalue weighted by molar-refractivity contribution is 5.69. The summed E-state index contributed by atoms with van der Waals surface area (Å²) in [4.78, 5) is 10.9. The quantitative estimate of drug-likeness (QED) is 0.880. The first-order valence-corrected chi connectivity index (χ1v) is 6.35. The van der Waals surface area contributed by atoms with Crippen LogP contribution in [0.5, 0.6) is 5.75 Å². The third kappa shape index (κ3) is 2.87. The molecule has 104 valence electrons. The highest BCUT2D eigenvalue weighted by Crippen LogP contribution is 2.42. The van der Waals surface area contributed by atoms with Crippen molar-refractivity contribution in [2.24, 2.45) is 0 Å². The molecule has 0 saturated heterocycles. The molecule has 5 heteroatoms. The second-order valence-electron chi connectivity index (χ2n) is 4.98. The number of carbonyl (C=O) groups is 1. The minimum absolute atomic E-state index is 0.170. The smallest absolute Gasteiger partial charge is 0.306 e. The topological polar surface area (TPSA) is 66.8 Å². The first-order chi connectivity index (χ1) is 8.94. The van der Waals surface area contributed by atoms with E-state index in [4.69, 9.17) is 9.84 Å². The van der Waals surface area contributed by atoms with E-state index in [1.54, 1.807) is 0 Å². The first-order valence-electron chi connectivity index (χ1n) is 6.35. The Labute approximate surface area is 110 Å². The Bertz CT molecular complexity index is 488. The summed E-state index contributed by atoms with van der Waals surface area (Å²) >= 11 is 0. The lowest BCUT2D eigenvalue weighted by atomic mass is 9.81. The summed E-state index contributed by atoms with van der Waals surface area (Å²) < 4.78 is 19.0. The molecule has 1 aliphatic rings. The predicted octanol–water partition coefficient (Wildman–Crippen LogP) is 2.44. The van der Waals surface area contributed by atoms with E-state index >= 15 is 0 Å². The summed E-state index contributed by atoms with van der Waals surface area (Å²) in [5.74, 6) is -1.26. The molecule has 1 aliphatic heterocycles. The molecule has 0 saturated carbocycles. The zero-order valence-electron chi connectivity index (χ0n) is 10.7. The van der Waals surface area contributed by atoms with Gasteiger partial charge in [0.25, 0.3) is 0 Å². The Morgan fingerprint density at radius 1 is 1.58 bits per heavy atom. The SMILES string of the molecule is CCC[C@@H]1C[C@@](O)(CC(=O)O)c2cc(F)ccc2O1. The van der Waals surface area contributed by atoms with Crippen LogP contribution in [0.25, 0.3) is 0 Å². The van der Waals surface area contributed by atoms with E-state index in [9.17, 15) is 14.3 Å². The van der Waals surface area contributed by atoms with Gasteiger partial charge in [0, 0.05) is 12.0 Å². The summed E-state index contributed by atoms with van der Waals surface area (Å²) in [6.45, 7) is 1.99. The molecule has 0 unspecified atom stereocenters. The van der Waals surface area contributed by atoms with E-state index in [0.717, 1.165) is 18.9 Å². The molecule has 2 atom stereocenters. The maximum atomic E-state index is 13.3. The van der Waals surface area contributed by atoms with Crippen LogP contribution < -0.4 is 4.74 Å². The molecule has 0 aromatic heterocycles. The molecular formula is C14H17FO4. The Kier molecular flexibility index (Phi) is 3.75. The molecule has 19 heavy (non-hydrogen) atoms. The Hall–Kier alpha value is -1.62. The number of aliphatic hydroxyl groups is 1. The van der Waals surface area contributed by atoms with Gasteiger partial charge in [-0.3, -0.25) is 4.79 Å². The maximum absolute atomic E-state index is 13.3. The van der Waals surface area contributed by atoms with E-state index in [1.807, 2.05) is 6.92 Å². The maximum Gasteiger partial charge on any atom is 0.306 e. The van der Waals surface area contributed by atoms with Crippen molar-refractivity contribution in [3.8, 4) is 5.75 Å². The summed E-state index contributed by atoms with van der Waals surface area (Å²) in [6, 6.07) is 3.84. The fraction of sp³-hybridized carbons (Fsp3) is 0.500. The van der Waals surface area contributed by atoms with Crippen LogP contribution in [0.4, 0.5) is 4.39 Å². The van der Waals surface area contributed by atoms with Gasteiger partial charge in [-0.2, -0.15) is 0 Å². The molecule has 1 aromatic rings. The Balaban J connectivity index is 2.41. The number of carboxylic acid groups (broad SMARTS) is 1. The molecular weight excluding hydrogens is 251 g/mol. The van der Waals surface area contributed by atoms with Gasteiger partial charge in [-0.1, -0.05) is 13.3 Å². The van der Waals surface area contributed by atoms with E-state index < -0.39 is 23.8 Å². The number of rotatable bonds is 4. The number of ether oxygens (including phenoxy) is 1. The number of hydrogen-bond acceptors (Lipinski definition) is 3. The largest absolute Gasteiger partial charge is 0.490 e. The third-order valence-electron chi connectivity index (χ3n) is 3.36. The fourth-order valence-corrected chi connectivity index (χ4v) is 2.58. The standard InChI is InChI=1S/C14H17FO4/c1-2-3-10-7-14(18,8-13(16)17)11-6-9(15)4-5-12(11)19-10/h4-6,10,18H,2-3,7-8H2,1H3,(H,16,17)/t10-,14-/m1/s1. The first kappa shape index (κ1) is 13.8. The van der Waals surface area contributed by atoms with E-state index in [0.29, 0.717) is 5.75 Å². The van der Waals surface area contributed by atoms with Crippen LogP contribution in [0.3, 0.4) is 0 Å². The zero-order chi connectivity index (χ0) is 14.0. The summed E-state index contributed by atoms with van der Waals surface area (Å²) in [5.41, 5.74) is -1.34. The normalized spacial score (nSPS) is 25.5. The molecule has 0 amide bonds. The van der Waals surface area contributed by atoms with Crippen molar-refractivity contribution in [1.29, 1.82) is 0 Å². The lowest BCUT2D eigenvalue weighted by Gasteiger charge is -2.38. The molecule has 2 rings (SSSR count). The molecule has 1 aromatic carbocycles. The minimum atomic E-state index is -1.57. The van der Waals surface area contributed by atoms with Crippen molar-refractivity contribution in [2.75, 3.05) is 0 Å². The minimum Gasteiger partial charge on any atom is -0.490 e. The van der Waals surface area contributed by atoms with Crippen LogP contribution in [0, 0.1) is 5.82 Å². The average molecular weight is 268 g/mol. The second-order valence-corrected chi connectivity index (χ2v) is 4.98. The second kappa shape index (κ2) is 5.17. The van der Waals surface area contributed by atoms with Gasteiger partial charge >= 0.3 is 5.97 Å². The van der Waals surface area contributed by atoms with Crippen LogP contribution in [-0.2, 0) is 10.4 Å². The highest BCUT2D eigenvalue weighted by atomic mass is 19.1. The summed E-state index contributed by atoms with van der Waals surface area (Å²) in [7, 11) is 0. The van der Waals surface area contributed by atoms with Crippen molar-refractivity contribution in [3.63, 3.8) is 0 Å². The number of hydrogen-bond donors (Lipinski definition) is 2. The van der Waals surface area contributed by atoms with E-state index in [1.165, 1.54) is 12.1 Å².